The van der Waals surface area contributed by atoms with Crippen molar-refractivity contribution in [2.75, 3.05) is 10.2 Å². The number of para-hydroxylation sites is 2. The summed E-state index contributed by atoms with van der Waals surface area (Å²) < 4.78 is 42.2. The molecule has 8 heteroatoms. The van der Waals surface area contributed by atoms with Gasteiger partial charge in [0.05, 0.1) is 23.0 Å². The molecule has 1 unspecified atom stereocenters. The minimum atomic E-state index is -4.50. The van der Waals surface area contributed by atoms with Gasteiger partial charge in [0.25, 0.3) is 0 Å². The standard InChI is InChI=1S/C25H19F3N4O/c1-16-21-22(17-9-8-10-18(15-17)25(26,27)28)31(19-11-4-2-5-12-19)24(33)29-23(21)32(30-16)20-13-6-3-7-14-20/h2-15,22H,1H3,(H,29,33). The number of fused-ring (bicyclic) bond motifs is 1. The van der Waals surface area contributed by atoms with Crippen LogP contribution >= 0.6 is 0 Å². The second-order valence-electron chi connectivity index (χ2n) is 7.76. The van der Waals surface area contributed by atoms with E-state index in [-0.39, 0.29) is 0 Å². The van der Waals surface area contributed by atoms with Crippen molar-refractivity contribution in [3.05, 3.63) is 107 Å². The number of amides is 2. The summed E-state index contributed by atoms with van der Waals surface area (Å²) in [4.78, 5) is 14.8. The Morgan fingerprint density at radius 3 is 2.15 bits per heavy atom. The molecule has 5 nitrogen and oxygen atoms in total. The van der Waals surface area contributed by atoms with E-state index in [0.29, 0.717) is 28.3 Å². The van der Waals surface area contributed by atoms with Crippen LogP contribution in [0.3, 0.4) is 0 Å². The van der Waals surface area contributed by atoms with E-state index in [1.165, 1.54) is 11.0 Å². The van der Waals surface area contributed by atoms with Crippen LogP contribution in [0.4, 0.5) is 29.5 Å². The van der Waals surface area contributed by atoms with Gasteiger partial charge in [0.1, 0.15) is 5.82 Å². The molecule has 0 aliphatic carbocycles. The van der Waals surface area contributed by atoms with Crippen molar-refractivity contribution in [2.24, 2.45) is 0 Å². The summed E-state index contributed by atoms with van der Waals surface area (Å²) in [6, 6.07) is 22.0. The van der Waals surface area contributed by atoms with E-state index < -0.39 is 23.8 Å². The Balaban J connectivity index is 1.75. The van der Waals surface area contributed by atoms with E-state index in [0.717, 1.165) is 17.8 Å². The summed E-state index contributed by atoms with van der Waals surface area (Å²) >= 11 is 0. The normalized spacial score (nSPS) is 15.8. The van der Waals surface area contributed by atoms with E-state index in [1.807, 2.05) is 36.4 Å². The maximum absolute atomic E-state index is 13.5. The van der Waals surface area contributed by atoms with Gasteiger partial charge in [-0.15, -0.1) is 0 Å². The molecule has 1 aromatic heterocycles. The van der Waals surface area contributed by atoms with Crippen LogP contribution in [0.2, 0.25) is 0 Å². The Morgan fingerprint density at radius 1 is 0.879 bits per heavy atom. The number of alkyl halides is 3. The molecule has 33 heavy (non-hydrogen) atoms. The first-order chi connectivity index (χ1) is 15.8. The summed E-state index contributed by atoms with van der Waals surface area (Å²) in [6.07, 6.45) is -4.50. The van der Waals surface area contributed by atoms with Gasteiger partial charge in [-0.1, -0.05) is 48.5 Å². The topological polar surface area (TPSA) is 50.2 Å². The number of nitrogens with zero attached hydrogens (tertiary/aromatic N) is 3. The quantitative estimate of drug-likeness (QED) is 0.398. The minimum absolute atomic E-state index is 0.348. The molecule has 0 saturated carbocycles. The first-order valence-electron chi connectivity index (χ1n) is 10.3. The zero-order valence-corrected chi connectivity index (χ0v) is 17.5. The van der Waals surface area contributed by atoms with Crippen molar-refractivity contribution in [2.45, 2.75) is 19.1 Å². The molecular formula is C25H19F3N4O. The van der Waals surface area contributed by atoms with Crippen LogP contribution in [0.15, 0.2) is 84.9 Å². The summed E-state index contributed by atoms with van der Waals surface area (Å²) in [6.45, 7) is 1.79. The average molecular weight is 448 g/mol. The molecule has 166 valence electrons. The van der Waals surface area contributed by atoms with E-state index in [9.17, 15) is 18.0 Å². The minimum Gasteiger partial charge on any atom is -0.291 e. The average Bonchev–Trinajstić information content (AvgIpc) is 3.14. The predicted molar refractivity (Wildman–Crippen MR) is 120 cm³/mol. The third kappa shape index (κ3) is 3.63. The van der Waals surface area contributed by atoms with Crippen LogP contribution in [0.1, 0.15) is 28.4 Å². The molecule has 4 aromatic rings. The molecule has 0 radical (unpaired) electrons. The first kappa shape index (κ1) is 20.8. The third-order valence-electron chi connectivity index (χ3n) is 5.65. The van der Waals surface area contributed by atoms with Crippen LogP contribution < -0.4 is 10.2 Å². The van der Waals surface area contributed by atoms with E-state index in [2.05, 4.69) is 10.4 Å². The number of carbonyl (C=O) groups excluding carboxylic acids is 1. The van der Waals surface area contributed by atoms with Crippen molar-refractivity contribution in [1.82, 2.24) is 9.78 Å². The van der Waals surface area contributed by atoms with Crippen LogP contribution in [0.5, 0.6) is 0 Å². The monoisotopic (exact) mass is 448 g/mol. The lowest BCUT2D eigenvalue weighted by Gasteiger charge is -2.37. The highest BCUT2D eigenvalue weighted by atomic mass is 19.4. The van der Waals surface area contributed by atoms with Crippen LogP contribution in [0, 0.1) is 6.92 Å². The molecule has 2 amide bonds. The Bertz CT molecular complexity index is 1320. The molecular weight excluding hydrogens is 429 g/mol. The van der Waals surface area contributed by atoms with Gasteiger partial charge in [-0.05, 0) is 48.9 Å². The van der Waals surface area contributed by atoms with Gasteiger partial charge in [-0.2, -0.15) is 18.3 Å². The number of hydrogen-bond donors (Lipinski definition) is 1. The molecule has 1 N–H and O–H groups in total. The molecule has 0 saturated heterocycles. The van der Waals surface area contributed by atoms with Crippen LogP contribution in [-0.2, 0) is 6.18 Å². The molecule has 0 spiro atoms. The number of hydrogen-bond acceptors (Lipinski definition) is 2. The van der Waals surface area contributed by atoms with Gasteiger partial charge in [0.2, 0.25) is 0 Å². The zero-order valence-electron chi connectivity index (χ0n) is 17.5. The number of halogens is 3. The summed E-state index contributed by atoms with van der Waals surface area (Å²) in [5, 5.41) is 7.53. The zero-order chi connectivity index (χ0) is 23.2. The van der Waals surface area contributed by atoms with Gasteiger partial charge in [-0.3, -0.25) is 10.2 Å². The van der Waals surface area contributed by atoms with Gasteiger partial charge in [-0.25, -0.2) is 9.48 Å². The van der Waals surface area contributed by atoms with E-state index in [1.54, 1.807) is 41.9 Å². The lowest BCUT2D eigenvalue weighted by atomic mass is 9.93. The highest BCUT2D eigenvalue weighted by Gasteiger charge is 2.40. The maximum Gasteiger partial charge on any atom is 0.416 e. The maximum atomic E-state index is 13.5. The van der Waals surface area contributed by atoms with Crippen molar-refractivity contribution in [3.63, 3.8) is 0 Å². The highest BCUT2D eigenvalue weighted by Crippen LogP contribution is 2.44. The summed E-state index contributed by atoms with van der Waals surface area (Å²) in [7, 11) is 0. The van der Waals surface area contributed by atoms with Gasteiger partial charge in [0.15, 0.2) is 0 Å². The number of carbonyl (C=O) groups is 1. The van der Waals surface area contributed by atoms with E-state index in [4.69, 9.17) is 0 Å². The number of nitrogens with one attached hydrogen (secondary N) is 1. The molecule has 1 atom stereocenters. The molecule has 1 aliphatic heterocycles. The molecule has 3 aromatic carbocycles. The molecule has 0 fully saturated rings. The second-order valence-corrected chi connectivity index (χ2v) is 7.76. The Morgan fingerprint density at radius 2 is 1.52 bits per heavy atom. The third-order valence-corrected chi connectivity index (χ3v) is 5.65. The second kappa shape index (κ2) is 7.81. The fraction of sp³-hybridized carbons (Fsp3) is 0.120. The van der Waals surface area contributed by atoms with Gasteiger partial charge < -0.3 is 0 Å². The van der Waals surface area contributed by atoms with Crippen molar-refractivity contribution >= 4 is 17.5 Å². The van der Waals surface area contributed by atoms with Gasteiger partial charge >= 0.3 is 12.2 Å². The molecule has 1 aliphatic rings. The summed E-state index contributed by atoms with van der Waals surface area (Å²) in [5.74, 6) is 0.443. The predicted octanol–water partition coefficient (Wildman–Crippen LogP) is 6.34. The number of benzene rings is 3. The van der Waals surface area contributed by atoms with Crippen LogP contribution in [-0.4, -0.2) is 15.8 Å². The number of aromatic nitrogens is 2. The van der Waals surface area contributed by atoms with Crippen molar-refractivity contribution in [1.29, 1.82) is 0 Å². The van der Waals surface area contributed by atoms with Crippen molar-refractivity contribution < 1.29 is 18.0 Å². The number of rotatable bonds is 3. The lowest BCUT2D eigenvalue weighted by molar-refractivity contribution is -0.137. The Kier molecular flexibility index (Phi) is 4.92. The van der Waals surface area contributed by atoms with E-state index >= 15 is 0 Å². The highest BCUT2D eigenvalue weighted by molar-refractivity contribution is 6.05. The smallest absolute Gasteiger partial charge is 0.291 e. The Labute approximate surface area is 188 Å². The van der Waals surface area contributed by atoms with Crippen LogP contribution in [0.25, 0.3) is 5.69 Å². The van der Waals surface area contributed by atoms with Crippen molar-refractivity contribution in [3.8, 4) is 5.69 Å². The lowest BCUT2D eigenvalue weighted by Crippen LogP contribution is -2.43. The fourth-order valence-electron chi connectivity index (χ4n) is 4.21. The number of aryl methyl sites for hydroxylation is 1. The number of anilines is 2. The fourth-order valence-corrected chi connectivity index (χ4v) is 4.21. The molecule has 5 rings (SSSR count). The first-order valence-corrected chi connectivity index (χ1v) is 10.3. The largest absolute Gasteiger partial charge is 0.416 e. The molecule has 2 heterocycles. The van der Waals surface area contributed by atoms with Gasteiger partial charge in [0, 0.05) is 11.3 Å². The number of urea groups is 1. The molecule has 0 bridgehead atoms. The Hall–Kier alpha value is -4.07. The SMILES string of the molecule is Cc1nn(-c2ccccc2)c2c1C(c1cccc(C(F)(F)F)c1)N(c1ccccc1)C(=O)N2. The summed E-state index contributed by atoms with van der Waals surface area (Å²) in [5.41, 5.74) is 2.13.